The summed E-state index contributed by atoms with van der Waals surface area (Å²) in [6.07, 6.45) is 3.64. The first kappa shape index (κ1) is 14.9. The molecule has 4 nitrogen and oxygen atoms in total. The van der Waals surface area contributed by atoms with Crippen molar-refractivity contribution in [3.63, 3.8) is 0 Å². The summed E-state index contributed by atoms with van der Waals surface area (Å²) in [6, 6.07) is 2.35. The molecule has 0 saturated heterocycles. The maximum atomic E-state index is 5.87. The number of rotatable bonds is 8. The Labute approximate surface area is 110 Å². The third-order valence-electron chi connectivity index (χ3n) is 2.44. The normalized spacial score (nSPS) is 12.7. The number of nitrogens with one attached hydrogen (secondary N) is 1. The van der Waals surface area contributed by atoms with E-state index < -0.39 is 0 Å². The fraction of sp³-hybridized carbons (Fsp3) is 0.643. The molecule has 18 heavy (non-hydrogen) atoms. The van der Waals surface area contributed by atoms with Crippen molar-refractivity contribution in [3.8, 4) is 5.75 Å². The molecule has 1 aromatic heterocycles. The molecule has 0 aliphatic rings. The summed E-state index contributed by atoms with van der Waals surface area (Å²) in [5.74, 6) is 0.880. The van der Waals surface area contributed by atoms with E-state index in [0.29, 0.717) is 19.3 Å². The van der Waals surface area contributed by atoms with Crippen LogP contribution in [0.25, 0.3) is 0 Å². The number of hydrogen-bond donors (Lipinski definition) is 1. The van der Waals surface area contributed by atoms with Crippen LogP contribution in [0.3, 0.4) is 0 Å². The van der Waals surface area contributed by atoms with Gasteiger partial charge in [-0.2, -0.15) is 0 Å². The highest BCUT2D eigenvalue weighted by Crippen LogP contribution is 2.18. The Morgan fingerprint density at radius 2 is 2.11 bits per heavy atom. The molecule has 4 heteroatoms. The van der Waals surface area contributed by atoms with E-state index in [0.717, 1.165) is 17.9 Å². The van der Waals surface area contributed by atoms with Gasteiger partial charge in [-0.1, -0.05) is 13.8 Å². The summed E-state index contributed by atoms with van der Waals surface area (Å²) < 4.78 is 11.2. The van der Waals surface area contributed by atoms with E-state index in [9.17, 15) is 0 Å². The Morgan fingerprint density at radius 3 is 2.78 bits per heavy atom. The number of pyridine rings is 1. The van der Waals surface area contributed by atoms with E-state index in [1.165, 1.54) is 0 Å². The van der Waals surface area contributed by atoms with Gasteiger partial charge in [-0.25, -0.2) is 0 Å². The number of nitrogens with zero attached hydrogens (tertiary/aromatic N) is 1. The van der Waals surface area contributed by atoms with E-state index in [2.05, 4.69) is 24.1 Å². The van der Waals surface area contributed by atoms with Crippen molar-refractivity contribution in [2.24, 2.45) is 0 Å². The highest BCUT2D eigenvalue weighted by molar-refractivity contribution is 5.30. The average Bonchev–Trinajstić information content (AvgIpc) is 2.35. The first-order valence-electron chi connectivity index (χ1n) is 6.54. The monoisotopic (exact) mass is 252 g/mol. The molecular weight excluding hydrogens is 228 g/mol. The van der Waals surface area contributed by atoms with Gasteiger partial charge in [0.25, 0.3) is 0 Å². The van der Waals surface area contributed by atoms with Crippen LogP contribution in [-0.4, -0.2) is 30.3 Å². The zero-order valence-electron chi connectivity index (χ0n) is 11.8. The first-order valence-corrected chi connectivity index (χ1v) is 6.54. The Balaban J connectivity index is 2.58. The van der Waals surface area contributed by atoms with Crippen molar-refractivity contribution >= 4 is 0 Å². The van der Waals surface area contributed by atoms with Crippen molar-refractivity contribution in [1.82, 2.24) is 10.3 Å². The minimum absolute atomic E-state index is 0.0464. The van der Waals surface area contributed by atoms with Gasteiger partial charge in [-0.3, -0.25) is 4.98 Å². The minimum Gasteiger partial charge on any atom is -0.488 e. The molecule has 1 aromatic rings. The van der Waals surface area contributed by atoms with Gasteiger partial charge in [0, 0.05) is 37.2 Å². The SMILES string of the molecule is CCOCC(C)Oc1ccncc1CNC(C)C. The molecule has 0 fully saturated rings. The maximum Gasteiger partial charge on any atom is 0.127 e. The van der Waals surface area contributed by atoms with E-state index >= 15 is 0 Å². The van der Waals surface area contributed by atoms with Gasteiger partial charge >= 0.3 is 0 Å². The van der Waals surface area contributed by atoms with E-state index in [1.807, 2.05) is 26.1 Å². The van der Waals surface area contributed by atoms with Crippen LogP contribution in [0.1, 0.15) is 33.3 Å². The van der Waals surface area contributed by atoms with Gasteiger partial charge in [0.1, 0.15) is 11.9 Å². The lowest BCUT2D eigenvalue weighted by atomic mass is 10.2. The molecule has 102 valence electrons. The van der Waals surface area contributed by atoms with Crippen molar-refractivity contribution < 1.29 is 9.47 Å². The molecule has 0 amide bonds. The molecule has 0 bridgehead atoms. The molecular formula is C14H24N2O2. The molecule has 0 spiro atoms. The van der Waals surface area contributed by atoms with Crippen LogP contribution in [0.4, 0.5) is 0 Å². The van der Waals surface area contributed by atoms with E-state index in [-0.39, 0.29) is 6.10 Å². The van der Waals surface area contributed by atoms with Crippen molar-refractivity contribution in [2.45, 2.75) is 46.4 Å². The van der Waals surface area contributed by atoms with E-state index in [4.69, 9.17) is 9.47 Å². The van der Waals surface area contributed by atoms with Gasteiger partial charge in [-0.05, 0) is 19.9 Å². The molecule has 0 aliphatic carbocycles. The second-order valence-electron chi connectivity index (χ2n) is 4.61. The van der Waals surface area contributed by atoms with Crippen molar-refractivity contribution in [2.75, 3.05) is 13.2 Å². The van der Waals surface area contributed by atoms with Crippen LogP contribution in [0, 0.1) is 0 Å². The Kier molecular flexibility index (Phi) is 6.68. The maximum absolute atomic E-state index is 5.87. The van der Waals surface area contributed by atoms with E-state index in [1.54, 1.807) is 6.20 Å². The molecule has 0 aliphatic heterocycles. The molecule has 0 aromatic carbocycles. The van der Waals surface area contributed by atoms with Crippen LogP contribution in [0.15, 0.2) is 18.5 Å². The lowest BCUT2D eigenvalue weighted by Gasteiger charge is -2.17. The number of ether oxygens (including phenoxy) is 2. The Morgan fingerprint density at radius 1 is 1.33 bits per heavy atom. The predicted molar refractivity (Wildman–Crippen MR) is 72.8 cm³/mol. The zero-order valence-corrected chi connectivity index (χ0v) is 11.8. The van der Waals surface area contributed by atoms with Gasteiger partial charge in [0.05, 0.1) is 6.61 Å². The largest absolute Gasteiger partial charge is 0.488 e. The first-order chi connectivity index (χ1) is 8.63. The fourth-order valence-electron chi connectivity index (χ4n) is 1.51. The molecule has 1 heterocycles. The summed E-state index contributed by atoms with van der Waals surface area (Å²) in [5.41, 5.74) is 1.08. The molecule has 1 unspecified atom stereocenters. The van der Waals surface area contributed by atoms with Crippen LogP contribution in [0.5, 0.6) is 5.75 Å². The molecule has 1 atom stereocenters. The zero-order chi connectivity index (χ0) is 13.4. The topological polar surface area (TPSA) is 43.4 Å². The summed E-state index contributed by atoms with van der Waals surface area (Å²) in [5, 5.41) is 3.37. The lowest BCUT2D eigenvalue weighted by molar-refractivity contribution is 0.0651. The average molecular weight is 252 g/mol. The third-order valence-corrected chi connectivity index (χ3v) is 2.44. The van der Waals surface area contributed by atoms with Crippen LogP contribution in [-0.2, 0) is 11.3 Å². The van der Waals surface area contributed by atoms with Gasteiger partial charge in [0.2, 0.25) is 0 Å². The van der Waals surface area contributed by atoms with Crippen molar-refractivity contribution in [1.29, 1.82) is 0 Å². The molecule has 0 radical (unpaired) electrons. The van der Waals surface area contributed by atoms with Gasteiger partial charge < -0.3 is 14.8 Å². The van der Waals surface area contributed by atoms with Gasteiger partial charge in [0.15, 0.2) is 0 Å². The second kappa shape index (κ2) is 8.06. The lowest BCUT2D eigenvalue weighted by Crippen LogP contribution is -2.24. The number of hydrogen-bond acceptors (Lipinski definition) is 4. The summed E-state index contributed by atoms with van der Waals surface area (Å²) in [6.45, 7) is 10.3. The van der Waals surface area contributed by atoms with Crippen LogP contribution in [0.2, 0.25) is 0 Å². The standard InChI is InChI=1S/C14H24N2O2/c1-5-17-10-12(4)18-14-6-7-15-8-13(14)9-16-11(2)3/h6-8,11-12,16H,5,9-10H2,1-4H3. The fourth-order valence-corrected chi connectivity index (χ4v) is 1.51. The molecule has 0 saturated carbocycles. The number of aromatic nitrogens is 1. The summed E-state index contributed by atoms with van der Waals surface area (Å²) in [7, 11) is 0. The summed E-state index contributed by atoms with van der Waals surface area (Å²) in [4.78, 5) is 4.14. The smallest absolute Gasteiger partial charge is 0.127 e. The van der Waals surface area contributed by atoms with Crippen molar-refractivity contribution in [3.05, 3.63) is 24.0 Å². The minimum atomic E-state index is 0.0464. The summed E-state index contributed by atoms with van der Waals surface area (Å²) >= 11 is 0. The Hall–Kier alpha value is -1.13. The molecule has 1 rings (SSSR count). The highest BCUT2D eigenvalue weighted by atomic mass is 16.5. The second-order valence-corrected chi connectivity index (χ2v) is 4.61. The predicted octanol–water partition coefficient (Wildman–Crippen LogP) is 2.38. The van der Waals surface area contributed by atoms with Crippen LogP contribution < -0.4 is 10.1 Å². The quantitative estimate of drug-likeness (QED) is 0.771. The Bertz CT molecular complexity index is 342. The molecule has 1 N–H and O–H groups in total. The van der Waals surface area contributed by atoms with Crippen LogP contribution >= 0.6 is 0 Å². The highest BCUT2D eigenvalue weighted by Gasteiger charge is 2.08. The van der Waals surface area contributed by atoms with Gasteiger partial charge in [-0.15, -0.1) is 0 Å². The third kappa shape index (κ3) is 5.47.